The quantitative estimate of drug-likeness (QED) is 0.107. The third-order valence-corrected chi connectivity index (χ3v) is 18.8. The minimum atomic E-state index is -2.81. The molecule has 0 bridgehead atoms. The second kappa shape index (κ2) is 15.6. The zero-order valence-electron chi connectivity index (χ0n) is 35.4. The minimum absolute atomic E-state index is 0.586. The molecule has 0 spiro atoms. The minimum Gasteiger partial charge on any atom is -0.309 e. The van der Waals surface area contributed by atoms with Crippen LogP contribution < -0.4 is 20.7 Å². The molecule has 1 aliphatic carbocycles. The van der Waals surface area contributed by atoms with Crippen LogP contribution in [0.4, 0.5) is 0 Å². The molecule has 1 saturated carbocycles. The number of rotatable bonds is 8. The van der Waals surface area contributed by atoms with E-state index in [-0.39, 0.29) is 0 Å². The first-order valence-electron chi connectivity index (χ1n) is 22.7. The highest BCUT2D eigenvalue weighted by Crippen LogP contribution is 2.42. The Morgan fingerprint density at radius 2 is 0.841 bits per heavy atom. The average Bonchev–Trinajstić information content (AvgIpc) is 3.88. The lowest BCUT2D eigenvalue weighted by atomic mass is 9.83. The van der Waals surface area contributed by atoms with E-state index in [1.807, 2.05) is 0 Å². The van der Waals surface area contributed by atoms with Crippen molar-refractivity contribution in [3.63, 3.8) is 0 Å². The molecule has 1 fully saturated rings. The maximum absolute atomic E-state index is 2.81. The summed E-state index contributed by atoms with van der Waals surface area (Å²) in [5.41, 5.74) is 11.4. The summed E-state index contributed by atoms with van der Waals surface area (Å²) < 4.78 is 5.07. The lowest BCUT2D eigenvalue weighted by Crippen LogP contribution is -2.74. The van der Waals surface area contributed by atoms with Crippen LogP contribution >= 0.6 is 0 Å². The third kappa shape index (κ3) is 6.13. The number of hydrogen-bond donors (Lipinski definition) is 0. The molecule has 0 radical (unpaired) electrons. The van der Waals surface area contributed by atoms with Gasteiger partial charge in [-0.2, -0.15) is 0 Å². The fraction of sp³-hybridized carbons (Fsp3) is 0.100. The van der Waals surface area contributed by atoms with Crippen molar-refractivity contribution < 1.29 is 0 Å². The molecule has 1 aliphatic rings. The third-order valence-electron chi connectivity index (χ3n) is 14.1. The Bertz CT molecular complexity index is 3370. The summed E-state index contributed by atoms with van der Waals surface area (Å²) in [6.07, 6.45) is 6.50. The molecule has 2 heterocycles. The highest BCUT2D eigenvalue weighted by Gasteiger charge is 2.41. The van der Waals surface area contributed by atoms with Gasteiger partial charge in [-0.05, 0) is 92.6 Å². The zero-order chi connectivity index (χ0) is 41.7. The van der Waals surface area contributed by atoms with Crippen molar-refractivity contribution in [1.82, 2.24) is 9.13 Å². The number of hydrogen-bond acceptors (Lipinski definition) is 0. The normalized spacial score (nSPS) is 13.7. The predicted molar refractivity (Wildman–Crippen MR) is 270 cm³/mol. The number of aromatic nitrogens is 2. The summed E-state index contributed by atoms with van der Waals surface area (Å²) in [4.78, 5) is 0. The number of benzene rings is 9. The maximum atomic E-state index is 2.57. The Kier molecular flexibility index (Phi) is 9.30. The Hall–Kier alpha value is -7.20. The van der Waals surface area contributed by atoms with Gasteiger partial charge in [0.15, 0.2) is 8.07 Å². The lowest BCUT2D eigenvalue weighted by Gasteiger charge is -2.35. The molecular weight excluding hydrogens is 777 g/mol. The van der Waals surface area contributed by atoms with Crippen LogP contribution in [0.5, 0.6) is 0 Å². The molecule has 0 amide bonds. The molecule has 12 rings (SSSR count). The molecule has 0 saturated heterocycles. The summed E-state index contributed by atoms with van der Waals surface area (Å²) in [5, 5.41) is 10.7. The summed E-state index contributed by atoms with van der Waals surface area (Å²) in [7, 11) is -2.81. The summed E-state index contributed by atoms with van der Waals surface area (Å²) in [6.45, 7) is 0. The first-order chi connectivity index (χ1) is 31.3. The molecule has 63 heavy (non-hydrogen) atoms. The number of fused-ring (bicyclic) bond motifs is 6. The predicted octanol–water partition coefficient (Wildman–Crippen LogP) is 13.0. The Labute approximate surface area is 370 Å². The van der Waals surface area contributed by atoms with E-state index in [9.17, 15) is 0 Å². The number of nitrogens with zero attached hydrogens (tertiary/aromatic N) is 2. The largest absolute Gasteiger partial charge is 0.309 e. The molecule has 9 aromatic carbocycles. The van der Waals surface area contributed by atoms with E-state index < -0.39 is 8.07 Å². The molecule has 2 aromatic heterocycles. The molecule has 3 heteroatoms. The van der Waals surface area contributed by atoms with E-state index in [0.717, 1.165) is 5.69 Å². The topological polar surface area (TPSA) is 9.86 Å². The van der Waals surface area contributed by atoms with Crippen molar-refractivity contribution in [2.24, 2.45) is 0 Å². The van der Waals surface area contributed by atoms with Crippen molar-refractivity contribution in [2.45, 2.75) is 38.0 Å². The second-order valence-electron chi connectivity index (χ2n) is 17.5. The SMILES string of the molecule is c1ccc(-c2cccc([Si](c3ccccc3)(c3ccccc3)c3ccc(-n4c5ccccc5c5ccc(-n6c7ccccc7c7cccc(C8CCCCC8)c76)cc54)cc3)c2)cc1. The molecule has 0 atom stereocenters. The van der Waals surface area contributed by atoms with Crippen LogP contribution in [0.2, 0.25) is 0 Å². The van der Waals surface area contributed by atoms with E-state index in [1.165, 1.54) is 119 Å². The van der Waals surface area contributed by atoms with E-state index in [1.54, 1.807) is 0 Å². The first-order valence-corrected chi connectivity index (χ1v) is 24.7. The fourth-order valence-electron chi connectivity index (χ4n) is 11.2. The highest BCUT2D eigenvalue weighted by molar-refractivity contribution is 7.19. The van der Waals surface area contributed by atoms with Crippen molar-refractivity contribution in [3.8, 4) is 22.5 Å². The Morgan fingerprint density at radius 3 is 1.54 bits per heavy atom. The molecule has 302 valence electrons. The number of para-hydroxylation sites is 3. The van der Waals surface area contributed by atoms with Gasteiger partial charge < -0.3 is 9.13 Å². The monoisotopic (exact) mass is 824 g/mol. The Balaban J connectivity index is 1.07. The van der Waals surface area contributed by atoms with Crippen LogP contribution in [0.15, 0.2) is 224 Å². The van der Waals surface area contributed by atoms with Crippen molar-refractivity contribution >= 4 is 72.4 Å². The summed E-state index contributed by atoms with van der Waals surface area (Å²) in [6, 6.07) is 84.4. The molecular formula is C60H48N2Si. The second-order valence-corrected chi connectivity index (χ2v) is 21.3. The van der Waals surface area contributed by atoms with E-state index in [4.69, 9.17) is 0 Å². The first kappa shape index (κ1) is 37.5. The van der Waals surface area contributed by atoms with Crippen LogP contribution in [0.3, 0.4) is 0 Å². The van der Waals surface area contributed by atoms with Crippen LogP contribution in [0.1, 0.15) is 43.6 Å². The molecule has 0 unspecified atom stereocenters. The van der Waals surface area contributed by atoms with Gasteiger partial charge in [-0.1, -0.05) is 207 Å². The molecule has 11 aromatic rings. The van der Waals surface area contributed by atoms with Gasteiger partial charge in [-0.25, -0.2) is 0 Å². The van der Waals surface area contributed by atoms with Crippen molar-refractivity contribution in [2.75, 3.05) is 0 Å². The standard InChI is InChI=1S/C60H48N2Si/c1-5-19-43(20-6-1)45-23-17-28-51(41-45)63(48-24-9-3-10-25-48,49-26-11-4-12-27-49)50-38-35-46(36-39-50)61-57-33-15-13-29-53(57)55-40-37-47(42-59(55)61)62-58-34-16-14-30-54(58)56-32-18-31-52(60(56)62)44-21-7-2-8-22-44/h1,3-6,9-20,23-42,44H,2,7-8,21-22H2. The summed E-state index contributed by atoms with van der Waals surface area (Å²) >= 11 is 0. The van der Waals surface area contributed by atoms with Gasteiger partial charge >= 0.3 is 0 Å². The van der Waals surface area contributed by atoms with E-state index >= 15 is 0 Å². The fourth-order valence-corrected chi connectivity index (χ4v) is 16.0. The molecule has 2 nitrogen and oxygen atoms in total. The van der Waals surface area contributed by atoms with E-state index in [0.29, 0.717) is 5.92 Å². The van der Waals surface area contributed by atoms with Crippen LogP contribution in [0.25, 0.3) is 66.1 Å². The van der Waals surface area contributed by atoms with Crippen molar-refractivity contribution in [3.05, 3.63) is 230 Å². The van der Waals surface area contributed by atoms with Gasteiger partial charge in [0, 0.05) is 32.9 Å². The van der Waals surface area contributed by atoms with Gasteiger partial charge in [0.05, 0.1) is 22.1 Å². The van der Waals surface area contributed by atoms with Crippen molar-refractivity contribution in [1.29, 1.82) is 0 Å². The van der Waals surface area contributed by atoms with Gasteiger partial charge in [0.1, 0.15) is 0 Å². The van der Waals surface area contributed by atoms with Gasteiger partial charge in [-0.3, -0.25) is 0 Å². The summed E-state index contributed by atoms with van der Waals surface area (Å²) in [5.74, 6) is 0.586. The van der Waals surface area contributed by atoms with Crippen LogP contribution in [0, 0.1) is 0 Å². The van der Waals surface area contributed by atoms with Crippen LogP contribution in [-0.4, -0.2) is 17.2 Å². The Morgan fingerprint density at radius 1 is 0.333 bits per heavy atom. The van der Waals surface area contributed by atoms with Gasteiger partial charge in [0.2, 0.25) is 0 Å². The van der Waals surface area contributed by atoms with E-state index in [2.05, 4.69) is 234 Å². The van der Waals surface area contributed by atoms with Gasteiger partial charge in [-0.15, -0.1) is 0 Å². The molecule has 0 N–H and O–H groups in total. The van der Waals surface area contributed by atoms with Gasteiger partial charge in [0.25, 0.3) is 0 Å². The zero-order valence-corrected chi connectivity index (χ0v) is 36.4. The smallest absolute Gasteiger partial charge is 0.179 e. The average molecular weight is 825 g/mol. The highest BCUT2D eigenvalue weighted by atomic mass is 28.3. The maximum Gasteiger partial charge on any atom is 0.179 e. The lowest BCUT2D eigenvalue weighted by molar-refractivity contribution is 0.445. The van der Waals surface area contributed by atoms with Crippen LogP contribution in [-0.2, 0) is 0 Å². The molecule has 0 aliphatic heterocycles.